The summed E-state index contributed by atoms with van der Waals surface area (Å²) in [6.07, 6.45) is 1.03. The van der Waals surface area contributed by atoms with Gasteiger partial charge in [0.1, 0.15) is 0 Å². The first-order valence-electron chi connectivity index (χ1n) is 8.70. The van der Waals surface area contributed by atoms with E-state index in [2.05, 4.69) is 37.3 Å². The number of nitrogens with zero attached hydrogens (tertiary/aromatic N) is 5. The van der Waals surface area contributed by atoms with Crippen LogP contribution in [0.25, 0.3) is 11.2 Å². The first kappa shape index (κ1) is 17.0. The van der Waals surface area contributed by atoms with Gasteiger partial charge >= 0.3 is 5.69 Å². The number of hydrogen-bond acceptors (Lipinski definition) is 6. The number of aromatic amines is 1. The van der Waals surface area contributed by atoms with Gasteiger partial charge in [-0.15, -0.1) is 11.3 Å². The van der Waals surface area contributed by atoms with Crippen LogP contribution in [0.3, 0.4) is 0 Å². The quantitative estimate of drug-likeness (QED) is 0.731. The number of aromatic nitrogens is 4. The molecular weight excluding hydrogens is 352 g/mol. The van der Waals surface area contributed by atoms with Crippen LogP contribution >= 0.6 is 11.3 Å². The van der Waals surface area contributed by atoms with Crippen LogP contribution in [0.15, 0.2) is 27.1 Å². The van der Waals surface area contributed by atoms with Crippen molar-refractivity contribution in [3.63, 3.8) is 0 Å². The van der Waals surface area contributed by atoms with Gasteiger partial charge in [-0.1, -0.05) is 6.07 Å². The molecule has 0 atom stereocenters. The third-order valence-corrected chi connectivity index (χ3v) is 5.80. The maximum Gasteiger partial charge on any atom is 0.329 e. The molecule has 0 unspecified atom stereocenters. The maximum atomic E-state index is 12.2. The van der Waals surface area contributed by atoms with Crippen LogP contribution in [-0.2, 0) is 20.6 Å². The minimum Gasteiger partial charge on any atom is -0.341 e. The summed E-state index contributed by atoms with van der Waals surface area (Å²) in [5.74, 6) is 0.740. The molecule has 0 aliphatic carbocycles. The molecule has 0 aromatic carbocycles. The van der Waals surface area contributed by atoms with E-state index in [1.54, 1.807) is 23.0 Å². The summed E-state index contributed by atoms with van der Waals surface area (Å²) in [6, 6.07) is 4.26. The summed E-state index contributed by atoms with van der Waals surface area (Å²) in [6.45, 7) is 4.67. The van der Waals surface area contributed by atoms with Crippen molar-refractivity contribution in [1.29, 1.82) is 0 Å². The van der Waals surface area contributed by atoms with E-state index in [4.69, 9.17) is 0 Å². The van der Waals surface area contributed by atoms with Crippen molar-refractivity contribution in [3.8, 4) is 0 Å². The normalized spacial score (nSPS) is 16.3. The van der Waals surface area contributed by atoms with E-state index in [9.17, 15) is 9.59 Å². The molecule has 0 amide bonds. The summed E-state index contributed by atoms with van der Waals surface area (Å²) in [7, 11) is 3.46. The van der Waals surface area contributed by atoms with Gasteiger partial charge in [0.2, 0.25) is 5.95 Å². The molecule has 3 aromatic heterocycles. The van der Waals surface area contributed by atoms with Crippen LogP contribution in [-0.4, -0.2) is 50.2 Å². The molecule has 26 heavy (non-hydrogen) atoms. The Balaban J connectivity index is 1.61. The van der Waals surface area contributed by atoms with Gasteiger partial charge in [0.25, 0.3) is 5.56 Å². The molecule has 1 N–H and O–H groups in total. The lowest BCUT2D eigenvalue weighted by atomic mass is 10.3. The number of H-pyrrole nitrogens is 1. The van der Waals surface area contributed by atoms with Crippen molar-refractivity contribution in [3.05, 3.63) is 43.2 Å². The van der Waals surface area contributed by atoms with E-state index in [1.807, 2.05) is 7.05 Å². The first-order valence-corrected chi connectivity index (χ1v) is 9.58. The molecule has 0 bridgehead atoms. The molecule has 1 saturated heterocycles. The van der Waals surface area contributed by atoms with Crippen LogP contribution < -0.4 is 16.1 Å². The molecular formula is C17H22N6O2S. The van der Waals surface area contributed by atoms with E-state index in [0.717, 1.165) is 45.1 Å². The zero-order valence-electron chi connectivity index (χ0n) is 14.9. The lowest BCUT2D eigenvalue weighted by Crippen LogP contribution is -2.32. The monoisotopic (exact) mass is 374 g/mol. The van der Waals surface area contributed by atoms with Gasteiger partial charge in [-0.3, -0.25) is 19.2 Å². The van der Waals surface area contributed by atoms with Crippen molar-refractivity contribution in [2.45, 2.75) is 13.0 Å². The summed E-state index contributed by atoms with van der Waals surface area (Å²) in [4.78, 5) is 37.1. The van der Waals surface area contributed by atoms with Gasteiger partial charge in [-0.25, -0.2) is 4.79 Å². The number of rotatable bonds is 3. The lowest BCUT2D eigenvalue weighted by molar-refractivity contribution is 0.288. The highest BCUT2D eigenvalue weighted by Crippen LogP contribution is 2.20. The summed E-state index contributed by atoms with van der Waals surface area (Å²) in [5.41, 5.74) is 0.0290. The number of anilines is 1. The second kappa shape index (κ2) is 6.73. The number of hydrogen-bond donors (Lipinski definition) is 1. The van der Waals surface area contributed by atoms with Crippen molar-refractivity contribution in [2.75, 3.05) is 31.1 Å². The maximum absolute atomic E-state index is 12.2. The Morgan fingerprint density at radius 1 is 1.15 bits per heavy atom. The second-order valence-electron chi connectivity index (χ2n) is 6.66. The number of nitrogens with one attached hydrogen (secondary N) is 1. The number of thiophene rings is 1. The highest BCUT2D eigenvalue weighted by Gasteiger charge is 2.22. The first-order chi connectivity index (χ1) is 12.5. The summed E-state index contributed by atoms with van der Waals surface area (Å²) >= 11 is 1.79. The standard InChI is InChI=1S/C17H22N6O2S/c1-20-13-14(21(2)17(25)19-15(13)24)18-16(20)23-7-4-6-22(8-9-23)11-12-5-3-10-26-12/h3,5,10H,4,6-9,11H2,1-2H3,(H,19,24,25). The number of fused-ring (bicyclic) bond motifs is 1. The molecule has 0 spiro atoms. The van der Waals surface area contributed by atoms with E-state index >= 15 is 0 Å². The molecule has 8 nitrogen and oxygen atoms in total. The molecule has 3 aromatic rings. The molecule has 1 aliphatic rings. The van der Waals surface area contributed by atoms with Crippen molar-refractivity contribution in [1.82, 2.24) is 24.0 Å². The average Bonchev–Trinajstić information content (AvgIpc) is 3.17. The van der Waals surface area contributed by atoms with Gasteiger partial charge in [-0.2, -0.15) is 4.98 Å². The summed E-state index contributed by atoms with van der Waals surface area (Å²) in [5, 5.41) is 2.11. The molecule has 1 aliphatic heterocycles. The Kier molecular flexibility index (Phi) is 4.41. The Morgan fingerprint density at radius 3 is 2.77 bits per heavy atom. The minimum atomic E-state index is -0.440. The highest BCUT2D eigenvalue weighted by molar-refractivity contribution is 7.09. The molecule has 1 fully saturated rings. The van der Waals surface area contributed by atoms with E-state index < -0.39 is 11.2 Å². The molecule has 4 heterocycles. The van der Waals surface area contributed by atoms with Gasteiger partial charge in [0, 0.05) is 51.7 Å². The van der Waals surface area contributed by atoms with E-state index in [-0.39, 0.29) is 0 Å². The molecule has 0 saturated carbocycles. The van der Waals surface area contributed by atoms with Crippen LogP contribution in [0.4, 0.5) is 5.95 Å². The van der Waals surface area contributed by atoms with Gasteiger partial charge < -0.3 is 9.47 Å². The van der Waals surface area contributed by atoms with E-state index in [0.29, 0.717) is 11.2 Å². The van der Waals surface area contributed by atoms with Crippen LogP contribution in [0.5, 0.6) is 0 Å². The molecule has 9 heteroatoms. The fraction of sp³-hybridized carbons (Fsp3) is 0.471. The molecule has 138 valence electrons. The zero-order chi connectivity index (χ0) is 18.3. The fourth-order valence-electron chi connectivity index (χ4n) is 3.53. The Morgan fingerprint density at radius 2 is 2.00 bits per heavy atom. The molecule has 0 radical (unpaired) electrons. The predicted octanol–water partition coefficient (Wildman–Crippen LogP) is 0.734. The van der Waals surface area contributed by atoms with Crippen LogP contribution in [0.1, 0.15) is 11.3 Å². The fourth-order valence-corrected chi connectivity index (χ4v) is 4.28. The number of aryl methyl sites for hydroxylation is 2. The Hall–Kier alpha value is -2.39. The van der Waals surface area contributed by atoms with Gasteiger partial charge in [0.05, 0.1) is 0 Å². The average molecular weight is 374 g/mol. The third kappa shape index (κ3) is 2.97. The minimum absolute atomic E-state index is 0.390. The third-order valence-electron chi connectivity index (χ3n) is 4.94. The smallest absolute Gasteiger partial charge is 0.329 e. The molecule has 4 rings (SSSR count). The van der Waals surface area contributed by atoms with Crippen molar-refractivity contribution < 1.29 is 0 Å². The van der Waals surface area contributed by atoms with Crippen LogP contribution in [0, 0.1) is 0 Å². The van der Waals surface area contributed by atoms with E-state index in [1.165, 1.54) is 9.44 Å². The lowest BCUT2D eigenvalue weighted by Gasteiger charge is -2.22. The zero-order valence-corrected chi connectivity index (χ0v) is 15.8. The van der Waals surface area contributed by atoms with Crippen LogP contribution in [0.2, 0.25) is 0 Å². The van der Waals surface area contributed by atoms with Crippen molar-refractivity contribution in [2.24, 2.45) is 14.1 Å². The van der Waals surface area contributed by atoms with Crippen molar-refractivity contribution >= 4 is 28.4 Å². The number of imidazole rings is 1. The largest absolute Gasteiger partial charge is 0.341 e. The van der Waals surface area contributed by atoms with Gasteiger partial charge in [-0.05, 0) is 17.9 Å². The highest BCUT2D eigenvalue weighted by atomic mass is 32.1. The van der Waals surface area contributed by atoms with Gasteiger partial charge in [0.15, 0.2) is 11.2 Å². The second-order valence-corrected chi connectivity index (χ2v) is 7.69. The Bertz CT molecular complexity index is 1030. The Labute approximate surface area is 154 Å². The SMILES string of the molecule is Cn1c(N2CCCN(Cc3cccs3)CC2)nc2c1c(=O)[nH]c(=O)n2C. The predicted molar refractivity (Wildman–Crippen MR) is 103 cm³/mol. The summed E-state index contributed by atoms with van der Waals surface area (Å²) < 4.78 is 3.18. The topological polar surface area (TPSA) is 79.2 Å².